The summed E-state index contributed by atoms with van der Waals surface area (Å²) >= 11 is 3.20. The summed E-state index contributed by atoms with van der Waals surface area (Å²) in [6.07, 6.45) is 6.05. The summed E-state index contributed by atoms with van der Waals surface area (Å²) in [5, 5.41) is 15.8. The van der Waals surface area contributed by atoms with E-state index in [-0.39, 0.29) is 0 Å². The van der Waals surface area contributed by atoms with Crippen LogP contribution in [0.15, 0.2) is 33.2 Å². The van der Waals surface area contributed by atoms with Crippen molar-refractivity contribution in [2.24, 2.45) is 9.98 Å². The Bertz CT molecular complexity index is 791. The number of hydrogen-bond donors (Lipinski definition) is 2. The Balaban J connectivity index is 1.59. The van der Waals surface area contributed by atoms with E-state index in [4.69, 9.17) is 0 Å². The molecule has 1 aliphatic rings. The number of guanidine groups is 1. The maximum absolute atomic E-state index is 4.69. The number of hydrogen-bond acceptors (Lipinski definition) is 8. The summed E-state index contributed by atoms with van der Waals surface area (Å²) in [6, 6.07) is 0. The van der Waals surface area contributed by atoms with Crippen LogP contribution in [0, 0.1) is 0 Å². The molecule has 2 N–H and O–H groups in total. The molecule has 0 saturated heterocycles. The van der Waals surface area contributed by atoms with Crippen molar-refractivity contribution in [1.82, 2.24) is 25.4 Å². The standard InChI is InChI=1S/C17H23N7S2/c1-3-7-24-9-13(8-22-24)16-23-15(11-26-16)14(18-2)10-25-12-21-17-19-5-4-6-20-17/h8-11H,2-7,12H2,1H3,(H2,19,20,21)/b14-10-. The van der Waals surface area contributed by atoms with Crippen molar-refractivity contribution in [3.05, 3.63) is 28.9 Å². The van der Waals surface area contributed by atoms with E-state index in [2.05, 4.69) is 44.3 Å². The van der Waals surface area contributed by atoms with E-state index >= 15 is 0 Å². The van der Waals surface area contributed by atoms with Crippen molar-refractivity contribution in [2.45, 2.75) is 26.3 Å². The molecule has 0 bridgehead atoms. The van der Waals surface area contributed by atoms with Crippen LogP contribution in [0.2, 0.25) is 0 Å². The lowest BCUT2D eigenvalue weighted by Crippen LogP contribution is -2.40. The lowest BCUT2D eigenvalue weighted by molar-refractivity contribution is 0.603. The minimum Gasteiger partial charge on any atom is -0.356 e. The van der Waals surface area contributed by atoms with E-state index in [1.165, 1.54) is 0 Å². The number of rotatable bonds is 8. The van der Waals surface area contributed by atoms with Gasteiger partial charge in [0.2, 0.25) is 0 Å². The lowest BCUT2D eigenvalue weighted by atomic mass is 10.3. The zero-order chi connectivity index (χ0) is 18.2. The Hall–Kier alpha value is -2.13. The van der Waals surface area contributed by atoms with Crippen LogP contribution >= 0.6 is 23.1 Å². The summed E-state index contributed by atoms with van der Waals surface area (Å²) in [5.74, 6) is 1.58. The molecule has 0 unspecified atom stereocenters. The molecule has 3 rings (SSSR count). The maximum atomic E-state index is 4.69. The van der Waals surface area contributed by atoms with Gasteiger partial charge in [0, 0.05) is 42.2 Å². The quantitative estimate of drug-likeness (QED) is 0.412. The van der Waals surface area contributed by atoms with E-state index in [9.17, 15) is 0 Å². The van der Waals surface area contributed by atoms with E-state index < -0.39 is 0 Å². The summed E-state index contributed by atoms with van der Waals surface area (Å²) in [7, 11) is 0. The first-order chi connectivity index (χ1) is 12.8. The van der Waals surface area contributed by atoms with Crippen LogP contribution in [0.5, 0.6) is 0 Å². The van der Waals surface area contributed by atoms with Gasteiger partial charge in [-0.1, -0.05) is 6.92 Å². The Kier molecular flexibility index (Phi) is 6.84. The first-order valence-corrected chi connectivity index (χ1v) is 10.5. The molecule has 3 heterocycles. The van der Waals surface area contributed by atoms with Crippen LogP contribution in [0.3, 0.4) is 0 Å². The van der Waals surface area contributed by atoms with E-state index in [0.717, 1.165) is 60.4 Å². The highest BCUT2D eigenvalue weighted by Crippen LogP contribution is 2.27. The van der Waals surface area contributed by atoms with Crippen molar-refractivity contribution in [2.75, 3.05) is 19.0 Å². The summed E-state index contributed by atoms with van der Waals surface area (Å²) in [5.41, 5.74) is 2.65. The zero-order valence-electron chi connectivity index (χ0n) is 14.8. The molecule has 0 fully saturated rings. The van der Waals surface area contributed by atoms with Crippen LogP contribution in [0.25, 0.3) is 16.3 Å². The second kappa shape index (κ2) is 9.54. The highest BCUT2D eigenvalue weighted by Gasteiger charge is 2.10. The van der Waals surface area contributed by atoms with Gasteiger partial charge in [-0.2, -0.15) is 5.10 Å². The van der Waals surface area contributed by atoms with Crippen molar-refractivity contribution in [1.29, 1.82) is 0 Å². The number of nitrogens with one attached hydrogen (secondary N) is 2. The van der Waals surface area contributed by atoms with Crippen LogP contribution in [0.1, 0.15) is 25.5 Å². The molecular formula is C17H23N7S2. The van der Waals surface area contributed by atoms with E-state index in [1.54, 1.807) is 23.1 Å². The molecule has 2 aromatic rings. The first-order valence-electron chi connectivity index (χ1n) is 8.59. The predicted molar refractivity (Wildman–Crippen MR) is 112 cm³/mol. The fourth-order valence-corrected chi connectivity index (χ4v) is 3.86. The van der Waals surface area contributed by atoms with E-state index in [1.807, 2.05) is 27.9 Å². The van der Waals surface area contributed by atoms with Crippen molar-refractivity contribution in [3.8, 4) is 10.6 Å². The van der Waals surface area contributed by atoms with Gasteiger partial charge >= 0.3 is 0 Å². The summed E-state index contributed by atoms with van der Waals surface area (Å²) in [4.78, 5) is 13.2. The van der Waals surface area contributed by atoms with Gasteiger partial charge in [-0.3, -0.25) is 14.7 Å². The zero-order valence-corrected chi connectivity index (χ0v) is 16.4. The third kappa shape index (κ3) is 4.95. The lowest BCUT2D eigenvalue weighted by Gasteiger charge is -2.15. The van der Waals surface area contributed by atoms with Gasteiger partial charge in [0.1, 0.15) is 10.7 Å². The number of aliphatic imine (C=N–C) groups is 2. The second-order valence-corrected chi connectivity index (χ2v) is 7.41. The highest BCUT2D eigenvalue weighted by atomic mass is 32.2. The molecule has 0 atom stereocenters. The molecule has 0 amide bonds. The van der Waals surface area contributed by atoms with Crippen LogP contribution in [-0.2, 0) is 6.54 Å². The fourth-order valence-electron chi connectivity index (χ4n) is 2.41. The molecule has 1 aliphatic heterocycles. The van der Waals surface area contributed by atoms with Gasteiger partial charge in [-0.15, -0.1) is 23.1 Å². The van der Waals surface area contributed by atoms with Gasteiger partial charge in [0.25, 0.3) is 0 Å². The topological polar surface area (TPSA) is 79.5 Å². The van der Waals surface area contributed by atoms with Gasteiger partial charge < -0.3 is 10.6 Å². The third-order valence-corrected chi connectivity index (χ3v) is 5.28. The van der Waals surface area contributed by atoms with Crippen LogP contribution in [0.4, 0.5) is 0 Å². The SMILES string of the molecule is C=N/C(=C\SCNC1=NCCCN1)c1csc(-c2cnn(CCC)c2)n1. The normalized spacial score (nSPS) is 14.7. The average molecular weight is 390 g/mol. The van der Waals surface area contributed by atoms with Crippen LogP contribution in [-0.4, -0.2) is 46.4 Å². The number of aryl methyl sites for hydroxylation is 1. The van der Waals surface area contributed by atoms with Gasteiger partial charge in [-0.25, -0.2) is 4.98 Å². The van der Waals surface area contributed by atoms with Crippen molar-refractivity contribution >= 4 is 41.5 Å². The van der Waals surface area contributed by atoms with E-state index in [0.29, 0.717) is 5.88 Å². The van der Waals surface area contributed by atoms with Gasteiger partial charge in [0.05, 0.1) is 17.8 Å². The van der Waals surface area contributed by atoms with Crippen molar-refractivity contribution in [3.63, 3.8) is 0 Å². The maximum Gasteiger partial charge on any atom is 0.191 e. The molecule has 7 nitrogen and oxygen atoms in total. The number of thiazole rings is 1. The minimum absolute atomic E-state index is 0.714. The first kappa shape index (κ1) is 18.7. The molecule has 0 aromatic carbocycles. The predicted octanol–water partition coefficient (Wildman–Crippen LogP) is 3.05. The van der Waals surface area contributed by atoms with Crippen LogP contribution < -0.4 is 10.6 Å². The van der Waals surface area contributed by atoms with Crippen molar-refractivity contribution < 1.29 is 0 Å². The fraction of sp³-hybridized carbons (Fsp3) is 0.412. The van der Waals surface area contributed by atoms with Gasteiger partial charge in [-0.05, 0) is 19.6 Å². The number of thioether (sulfide) groups is 1. The summed E-state index contributed by atoms with van der Waals surface area (Å²) in [6.45, 7) is 8.59. The third-order valence-electron chi connectivity index (χ3n) is 3.69. The Labute approximate surface area is 161 Å². The molecule has 0 saturated carbocycles. The molecule has 26 heavy (non-hydrogen) atoms. The monoisotopic (exact) mass is 389 g/mol. The molecule has 9 heteroatoms. The Morgan fingerprint density at radius 3 is 3.27 bits per heavy atom. The molecule has 0 spiro atoms. The number of nitrogens with zero attached hydrogens (tertiary/aromatic N) is 5. The minimum atomic E-state index is 0.714. The molecule has 0 radical (unpaired) electrons. The number of aromatic nitrogens is 3. The molecular weight excluding hydrogens is 366 g/mol. The Morgan fingerprint density at radius 1 is 1.58 bits per heavy atom. The molecule has 0 aliphatic carbocycles. The second-order valence-electron chi connectivity index (χ2n) is 5.69. The average Bonchev–Trinajstić information content (AvgIpc) is 3.32. The van der Waals surface area contributed by atoms with Gasteiger partial charge in [0.15, 0.2) is 5.96 Å². The smallest absolute Gasteiger partial charge is 0.191 e. The largest absolute Gasteiger partial charge is 0.356 e. The Morgan fingerprint density at radius 2 is 2.50 bits per heavy atom. The molecule has 2 aromatic heterocycles. The summed E-state index contributed by atoms with van der Waals surface area (Å²) < 4.78 is 1.95. The molecule has 138 valence electrons. The highest BCUT2D eigenvalue weighted by molar-refractivity contribution is 8.02.